The minimum atomic E-state index is -0.0977. The molecule has 0 heterocycles. The van der Waals surface area contributed by atoms with Crippen molar-refractivity contribution in [1.82, 2.24) is 5.32 Å². The van der Waals surface area contributed by atoms with Gasteiger partial charge in [-0.2, -0.15) is 0 Å². The number of ether oxygens (including phenoxy) is 2. The third-order valence-corrected chi connectivity index (χ3v) is 5.00. The molecule has 1 unspecified atom stereocenters. The highest BCUT2D eigenvalue weighted by Crippen LogP contribution is 2.43. The molecule has 0 aromatic heterocycles. The highest BCUT2D eigenvalue weighted by atomic mass is 16.5. The average Bonchev–Trinajstić information content (AvgIpc) is 2.73. The summed E-state index contributed by atoms with van der Waals surface area (Å²) in [5, 5.41) is 3.19. The van der Waals surface area contributed by atoms with E-state index >= 15 is 0 Å². The van der Waals surface area contributed by atoms with E-state index in [0.29, 0.717) is 23.5 Å². The van der Waals surface area contributed by atoms with Crippen molar-refractivity contribution in [1.29, 1.82) is 0 Å². The van der Waals surface area contributed by atoms with Gasteiger partial charge in [-0.05, 0) is 52.9 Å². The fourth-order valence-electron chi connectivity index (χ4n) is 3.68. The van der Waals surface area contributed by atoms with Gasteiger partial charge in [0.25, 0.3) is 5.91 Å². The summed E-state index contributed by atoms with van der Waals surface area (Å²) in [5.74, 6) is 1.33. The SMILES string of the molecule is COc1cc2c(cc1OC)-c1ccccc1C(NC(=O)c1ccccc1)C2. The van der Waals surface area contributed by atoms with Crippen molar-refractivity contribution in [3.8, 4) is 22.6 Å². The predicted molar refractivity (Wildman–Crippen MR) is 105 cm³/mol. The van der Waals surface area contributed by atoms with Crippen LogP contribution in [0.2, 0.25) is 0 Å². The molecule has 4 heteroatoms. The molecule has 0 saturated carbocycles. The highest BCUT2D eigenvalue weighted by Gasteiger charge is 2.27. The van der Waals surface area contributed by atoms with E-state index in [9.17, 15) is 4.79 Å². The van der Waals surface area contributed by atoms with Crippen LogP contribution in [0.25, 0.3) is 11.1 Å². The van der Waals surface area contributed by atoms with Gasteiger partial charge in [0.15, 0.2) is 11.5 Å². The molecule has 0 fully saturated rings. The van der Waals surface area contributed by atoms with E-state index < -0.39 is 0 Å². The van der Waals surface area contributed by atoms with Crippen molar-refractivity contribution in [3.05, 3.63) is 83.4 Å². The predicted octanol–water partition coefficient (Wildman–Crippen LogP) is 4.40. The lowest BCUT2D eigenvalue weighted by molar-refractivity contribution is 0.0936. The molecule has 4 rings (SSSR count). The van der Waals surface area contributed by atoms with Gasteiger partial charge in [0.2, 0.25) is 0 Å². The van der Waals surface area contributed by atoms with E-state index in [1.54, 1.807) is 14.2 Å². The quantitative estimate of drug-likeness (QED) is 0.751. The van der Waals surface area contributed by atoms with Crippen LogP contribution in [-0.2, 0) is 6.42 Å². The van der Waals surface area contributed by atoms with E-state index in [1.807, 2.05) is 54.6 Å². The zero-order valence-electron chi connectivity index (χ0n) is 15.4. The number of fused-ring (bicyclic) bond motifs is 3. The van der Waals surface area contributed by atoms with Crippen molar-refractivity contribution in [2.24, 2.45) is 0 Å². The maximum atomic E-state index is 12.7. The Hall–Kier alpha value is -3.27. The third kappa shape index (κ3) is 3.14. The summed E-state index contributed by atoms with van der Waals surface area (Å²) in [5.41, 5.74) is 5.13. The smallest absolute Gasteiger partial charge is 0.251 e. The lowest BCUT2D eigenvalue weighted by Gasteiger charge is -2.29. The van der Waals surface area contributed by atoms with Crippen LogP contribution >= 0.6 is 0 Å². The Labute approximate surface area is 158 Å². The molecule has 0 bridgehead atoms. The number of methoxy groups -OCH3 is 2. The number of hydrogen-bond acceptors (Lipinski definition) is 3. The summed E-state index contributed by atoms with van der Waals surface area (Å²) in [7, 11) is 3.28. The molecule has 1 aliphatic rings. The van der Waals surface area contributed by atoms with Gasteiger partial charge in [0, 0.05) is 5.56 Å². The number of hydrogen-bond donors (Lipinski definition) is 1. The fourth-order valence-corrected chi connectivity index (χ4v) is 3.68. The molecular weight excluding hydrogens is 338 g/mol. The second-order valence-corrected chi connectivity index (χ2v) is 6.55. The lowest BCUT2D eigenvalue weighted by Crippen LogP contribution is -2.31. The van der Waals surface area contributed by atoms with Gasteiger partial charge in [-0.3, -0.25) is 4.79 Å². The fraction of sp³-hybridized carbons (Fsp3) is 0.174. The second kappa shape index (κ2) is 7.16. The summed E-state index contributed by atoms with van der Waals surface area (Å²) in [6.07, 6.45) is 0.700. The van der Waals surface area contributed by atoms with Crippen LogP contribution in [0, 0.1) is 0 Å². The Morgan fingerprint density at radius 3 is 2.30 bits per heavy atom. The Morgan fingerprint density at radius 2 is 1.56 bits per heavy atom. The Bertz CT molecular complexity index is 982. The summed E-state index contributed by atoms with van der Waals surface area (Å²) < 4.78 is 10.9. The maximum absolute atomic E-state index is 12.7. The maximum Gasteiger partial charge on any atom is 0.251 e. The Balaban J connectivity index is 1.74. The molecular formula is C23H21NO3. The molecule has 0 saturated heterocycles. The van der Waals surface area contributed by atoms with Gasteiger partial charge in [-0.1, -0.05) is 42.5 Å². The van der Waals surface area contributed by atoms with Gasteiger partial charge in [0.05, 0.1) is 20.3 Å². The number of carbonyl (C=O) groups is 1. The van der Waals surface area contributed by atoms with Crippen molar-refractivity contribution in [2.45, 2.75) is 12.5 Å². The topological polar surface area (TPSA) is 47.6 Å². The number of rotatable bonds is 4. The first-order valence-corrected chi connectivity index (χ1v) is 8.91. The van der Waals surface area contributed by atoms with Crippen LogP contribution < -0.4 is 14.8 Å². The molecule has 0 radical (unpaired) electrons. The van der Waals surface area contributed by atoms with Crippen LogP contribution in [0.15, 0.2) is 66.7 Å². The molecule has 1 aliphatic carbocycles. The summed E-state index contributed by atoms with van der Waals surface area (Å²) in [6, 6.07) is 21.4. The molecule has 27 heavy (non-hydrogen) atoms. The van der Waals surface area contributed by atoms with E-state index in [1.165, 1.54) is 0 Å². The lowest BCUT2D eigenvalue weighted by atomic mass is 9.82. The monoisotopic (exact) mass is 359 g/mol. The van der Waals surface area contributed by atoms with Crippen LogP contribution in [0.3, 0.4) is 0 Å². The van der Waals surface area contributed by atoms with Crippen molar-refractivity contribution in [2.75, 3.05) is 14.2 Å². The molecule has 1 amide bonds. The van der Waals surface area contributed by atoms with E-state index in [0.717, 1.165) is 22.3 Å². The number of carbonyl (C=O) groups excluding carboxylic acids is 1. The summed E-state index contributed by atoms with van der Waals surface area (Å²) in [4.78, 5) is 12.7. The number of benzene rings is 3. The third-order valence-electron chi connectivity index (χ3n) is 5.00. The molecule has 3 aromatic rings. The molecule has 1 N–H and O–H groups in total. The van der Waals surface area contributed by atoms with Crippen molar-refractivity contribution >= 4 is 5.91 Å². The molecule has 4 nitrogen and oxygen atoms in total. The minimum Gasteiger partial charge on any atom is -0.493 e. The van der Waals surface area contributed by atoms with Crippen LogP contribution in [-0.4, -0.2) is 20.1 Å². The Kier molecular flexibility index (Phi) is 4.55. The average molecular weight is 359 g/mol. The van der Waals surface area contributed by atoms with Crippen molar-refractivity contribution in [3.63, 3.8) is 0 Å². The molecule has 0 spiro atoms. The normalized spacial score (nSPS) is 14.7. The zero-order chi connectivity index (χ0) is 18.8. The van der Waals surface area contributed by atoms with Gasteiger partial charge < -0.3 is 14.8 Å². The first kappa shape index (κ1) is 17.2. The first-order chi connectivity index (χ1) is 13.2. The van der Waals surface area contributed by atoms with Crippen LogP contribution in [0.1, 0.15) is 27.5 Å². The number of nitrogens with one attached hydrogen (secondary N) is 1. The number of amides is 1. The summed E-state index contributed by atoms with van der Waals surface area (Å²) >= 11 is 0. The minimum absolute atomic E-state index is 0.0701. The largest absolute Gasteiger partial charge is 0.493 e. The van der Waals surface area contributed by atoms with Gasteiger partial charge in [-0.25, -0.2) is 0 Å². The van der Waals surface area contributed by atoms with E-state index in [4.69, 9.17) is 9.47 Å². The molecule has 136 valence electrons. The molecule has 1 atom stereocenters. The van der Waals surface area contributed by atoms with E-state index in [2.05, 4.69) is 17.4 Å². The zero-order valence-corrected chi connectivity index (χ0v) is 15.4. The van der Waals surface area contributed by atoms with Crippen LogP contribution in [0.4, 0.5) is 0 Å². The van der Waals surface area contributed by atoms with Crippen LogP contribution in [0.5, 0.6) is 11.5 Å². The Morgan fingerprint density at radius 1 is 0.889 bits per heavy atom. The second-order valence-electron chi connectivity index (χ2n) is 6.55. The highest BCUT2D eigenvalue weighted by molar-refractivity contribution is 5.94. The first-order valence-electron chi connectivity index (χ1n) is 8.91. The van der Waals surface area contributed by atoms with Gasteiger partial charge >= 0.3 is 0 Å². The van der Waals surface area contributed by atoms with Gasteiger partial charge in [0.1, 0.15) is 0 Å². The van der Waals surface area contributed by atoms with E-state index in [-0.39, 0.29) is 11.9 Å². The molecule has 0 aliphatic heterocycles. The van der Waals surface area contributed by atoms with Crippen molar-refractivity contribution < 1.29 is 14.3 Å². The molecule has 3 aromatic carbocycles. The standard InChI is InChI=1S/C23H21NO3/c1-26-21-13-16-12-20(24-23(25)15-8-4-3-5-9-15)18-11-7-6-10-17(18)19(16)14-22(21)27-2/h3-11,13-14,20H,12H2,1-2H3,(H,24,25). The van der Waals surface area contributed by atoms with Gasteiger partial charge in [-0.15, -0.1) is 0 Å². The summed E-state index contributed by atoms with van der Waals surface area (Å²) in [6.45, 7) is 0.